The lowest BCUT2D eigenvalue weighted by Gasteiger charge is -2.27. The molecule has 0 saturated carbocycles. The number of rotatable bonds is 11. The number of nitrogens with zero attached hydrogens (tertiary/aromatic N) is 1. The average Bonchev–Trinajstić information content (AvgIpc) is 2.73. The van der Waals surface area contributed by atoms with E-state index in [1.54, 1.807) is 0 Å². The molecule has 1 aliphatic rings. The second kappa shape index (κ2) is 19.0. The molecule has 1 atom stereocenters. The van der Waals surface area contributed by atoms with Crippen LogP contribution >= 0.6 is 15.9 Å². The summed E-state index contributed by atoms with van der Waals surface area (Å²) in [5, 5.41) is 0.730. The Morgan fingerprint density at radius 1 is 0.828 bits per heavy atom. The molecule has 1 heterocycles. The van der Waals surface area contributed by atoms with Gasteiger partial charge in [-0.3, -0.25) is 4.90 Å². The van der Waals surface area contributed by atoms with E-state index in [2.05, 4.69) is 27.8 Å². The summed E-state index contributed by atoms with van der Waals surface area (Å²) in [5.74, 6) is 0. The van der Waals surface area contributed by atoms with Crippen LogP contribution in [-0.2, 0) is 23.7 Å². The van der Waals surface area contributed by atoms with Crippen molar-refractivity contribution in [1.29, 1.82) is 0 Å². The highest BCUT2D eigenvalue weighted by Gasteiger charge is 2.24. The number of halogens is 1. The molecule has 0 spiro atoms. The minimum atomic E-state index is -0.330. The summed E-state index contributed by atoms with van der Waals surface area (Å²) in [6.45, 7) is 12.9. The second-order valence-electron chi connectivity index (χ2n) is 7.93. The lowest BCUT2D eigenvalue weighted by molar-refractivity contribution is -0.0904. The van der Waals surface area contributed by atoms with Gasteiger partial charge in [0.05, 0.1) is 58.5 Å². The zero-order chi connectivity index (χ0) is 21.0. The maximum atomic E-state index is 5.94. The number of alkyl halides is 1. The van der Waals surface area contributed by atoms with Gasteiger partial charge in [0.25, 0.3) is 0 Å². The highest BCUT2D eigenvalue weighted by molar-refractivity contribution is 9.09. The van der Waals surface area contributed by atoms with E-state index < -0.39 is 0 Å². The van der Waals surface area contributed by atoms with Gasteiger partial charge in [0.15, 0.2) is 0 Å². The van der Waals surface area contributed by atoms with Crippen LogP contribution in [0.3, 0.4) is 0 Å². The molecule has 0 aliphatic carbocycles. The van der Waals surface area contributed by atoms with Crippen LogP contribution in [0.4, 0.5) is 0 Å². The quantitative estimate of drug-likeness (QED) is 0.329. The molecule has 0 aromatic heterocycles. The summed E-state index contributed by atoms with van der Waals surface area (Å²) in [5.41, 5.74) is -0.330. The van der Waals surface area contributed by atoms with Gasteiger partial charge in [0.2, 0.25) is 0 Å². The van der Waals surface area contributed by atoms with Gasteiger partial charge in [-0.25, -0.2) is 0 Å². The summed E-state index contributed by atoms with van der Waals surface area (Å²) in [6.07, 6.45) is 7.80. The third-order valence-corrected chi connectivity index (χ3v) is 6.22. The molecule has 6 nitrogen and oxygen atoms in total. The van der Waals surface area contributed by atoms with Crippen molar-refractivity contribution in [2.45, 2.75) is 58.0 Å². The summed E-state index contributed by atoms with van der Waals surface area (Å²) >= 11 is 3.51. The molecule has 1 saturated heterocycles. The molecule has 7 heteroatoms. The van der Waals surface area contributed by atoms with Gasteiger partial charge in [-0.05, 0) is 13.3 Å². The van der Waals surface area contributed by atoms with Crippen molar-refractivity contribution in [2.75, 3.05) is 84.4 Å². The predicted molar refractivity (Wildman–Crippen MR) is 121 cm³/mol. The molecule has 1 fully saturated rings. The van der Waals surface area contributed by atoms with E-state index in [0.717, 1.165) is 38.2 Å². The van der Waals surface area contributed by atoms with E-state index in [9.17, 15) is 0 Å². The Balaban J connectivity index is 2.19. The van der Waals surface area contributed by atoms with Crippen LogP contribution in [0.2, 0.25) is 0 Å². The largest absolute Gasteiger partial charge is 0.380 e. The van der Waals surface area contributed by atoms with E-state index in [4.69, 9.17) is 23.7 Å². The van der Waals surface area contributed by atoms with Gasteiger partial charge in [-0.15, -0.1) is 0 Å². The number of hydrogen-bond acceptors (Lipinski definition) is 6. The number of unbranched alkanes of at least 4 members (excludes halogenated alkanes) is 5. The highest BCUT2D eigenvalue weighted by Crippen LogP contribution is 2.14. The summed E-state index contributed by atoms with van der Waals surface area (Å²) < 4.78 is 29.0. The first kappa shape index (κ1) is 27.3. The SMILES string of the molecule is CCCCCCCCOCCN1CCOCCOCC(C)(CBr)OCCOCC1. The number of hydrogen-bond donors (Lipinski definition) is 0. The molecule has 0 N–H and O–H groups in total. The van der Waals surface area contributed by atoms with E-state index in [1.807, 2.05) is 6.92 Å². The van der Waals surface area contributed by atoms with Crippen molar-refractivity contribution in [3.8, 4) is 0 Å². The average molecular weight is 483 g/mol. The first-order valence-electron chi connectivity index (χ1n) is 11.4. The summed E-state index contributed by atoms with van der Waals surface area (Å²) in [4.78, 5) is 2.35. The smallest absolute Gasteiger partial charge is 0.0984 e. The fraction of sp³-hybridized carbons (Fsp3) is 1.00. The van der Waals surface area contributed by atoms with Gasteiger partial charge in [-0.1, -0.05) is 55.0 Å². The molecule has 1 unspecified atom stereocenters. The van der Waals surface area contributed by atoms with E-state index in [0.29, 0.717) is 46.2 Å². The molecule has 0 radical (unpaired) electrons. The first-order valence-corrected chi connectivity index (χ1v) is 12.6. The molecule has 1 rings (SSSR count). The minimum Gasteiger partial charge on any atom is -0.380 e. The zero-order valence-electron chi connectivity index (χ0n) is 18.8. The molecule has 0 bridgehead atoms. The Kier molecular flexibility index (Phi) is 17.8. The van der Waals surface area contributed by atoms with Crippen LogP contribution < -0.4 is 0 Å². The second-order valence-corrected chi connectivity index (χ2v) is 8.49. The Hall–Kier alpha value is 0.240. The van der Waals surface area contributed by atoms with E-state index >= 15 is 0 Å². The Morgan fingerprint density at radius 3 is 2.21 bits per heavy atom. The predicted octanol–water partition coefficient (Wildman–Crippen LogP) is 3.90. The van der Waals surface area contributed by atoms with Gasteiger partial charge < -0.3 is 23.7 Å². The maximum Gasteiger partial charge on any atom is 0.0984 e. The molecule has 0 amide bonds. The Bertz CT molecular complexity index is 364. The summed E-state index contributed by atoms with van der Waals surface area (Å²) in [6, 6.07) is 0. The van der Waals surface area contributed by atoms with Crippen molar-refractivity contribution in [2.24, 2.45) is 0 Å². The molecular weight excluding hydrogens is 438 g/mol. The van der Waals surface area contributed by atoms with Gasteiger partial charge >= 0.3 is 0 Å². The fourth-order valence-electron chi connectivity index (χ4n) is 3.08. The maximum absolute atomic E-state index is 5.94. The summed E-state index contributed by atoms with van der Waals surface area (Å²) in [7, 11) is 0. The van der Waals surface area contributed by atoms with Gasteiger partial charge in [-0.2, -0.15) is 0 Å². The van der Waals surface area contributed by atoms with E-state index in [1.165, 1.54) is 38.5 Å². The van der Waals surface area contributed by atoms with Crippen LogP contribution in [0.15, 0.2) is 0 Å². The molecule has 174 valence electrons. The molecular formula is C22H44BrNO5. The first-order chi connectivity index (χ1) is 14.2. The van der Waals surface area contributed by atoms with Crippen LogP contribution in [0.1, 0.15) is 52.4 Å². The Morgan fingerprint density at radius 2 is 1.48 bits per heavy atom. The third-order valence-electron chi connectivity index (χ3n) is 5.04. The highest BCUT2D eigenvalue weighted by atomic mass is 79.9. The Labute approximate surface area is 187 Å². The third kappa shape index (κ3) is 15.7. The zero-order valence-corrected chi connectivity index (χ0v) is 20.4. The monoisotopic (exact) mass is 481 g/mol. The van der Waals surface area contributed by atoms with Crippen LogP contribution in [-0.4, -0.2) is 94.9 Å². The van der Waals surface area contributed by atoms with Crippen molar-refractivity contribution < 1.29 is 23.7 Å². The normalized spacial score (nSPS) is 24.1. The van der Waals surface area contributed by atoms with Crippen molar-refractivity contribution in [3.63, 3.8) is 0 Å². The number of ether oxygens (including phenoxy) is 5. The van der Waals surface area contributed by atoms with Crippen LogP contribution in [0.25, 0.3) is 0 Å². The van der Waals surface area contributed by atoms with Crippen LogP contribution in [0.5, 0.6) is 0 Å². The van der Waals surface area contributed by atoms with Gasteiger partial charge in [0.1, 0.15) is 0 Å². The minimum absolute atomic E-state index is 0.330. The molecule has 0 aromatic carbocycles. The van der Waals surface area contributed by atoms with Crippen molar-refractivity contribution >= 4 is 15.9 Å². The van der Waals surface area contributed by atoms with Crippen molar-refractivity contribution in [3.05, 3.63) is 0 Å². The topological polar surface area (TPSA) is 49.4 Å². The molecule has 29 heavy (non-hydrogen) atoms. The lowest BCUT2D eigenvalue weighted by Crippen LogP contribution is -2.38. The van der Waals surface area contributed by atoms with Crippen molar-refractivity contribution in [1.82, 2.24) is 4.90 Å². The molecule has 1 aliphatic heterocycles. The van der Waals surface area contributed by atoms with E-state index in [-0.39, 0.29) is 5.60 Å². The fourth-order valence-corrected chi connectivity index (χ4v) is 3.40. The lowest BCUT2D eigenvalue weighted by atomic mass is 10.1. The standard InChI is InChI=1S/C22H44BrNO5/c1-3-4-5-6-7-8-12-25-13-9-24-10-14-26-16-17-28-21-22(2,20-23)29-19-18-27-15-11-24/h3-21H2,1-2H3. The van der Waals surface area contributed by atoms with Crippen LogP contribution in [0, 0.1) is 0 Å². The molecule has 0 aromatic rings. The van der Waals surface area contributed by atoms with Gasteiger partial charge in [0, 0.05) is 31.6 Å².